The molecule has 2 aromatic heterocycles. The van der Waals surface area contributed by atoms with Crippen LogP contribution >= 0.6 is 0 Å². The van der Waals surface area contributed by atoms with Crippen molar-refractivity contribution >= 4 is 11.9 Å². The normalized spacial score (nSPS) is 17.9. The first-order valence-electron chi connectivity index (χ1n) is 8.74. The van der Waals surface area contributed by atoms with Gasteiger partial charge in [-0.15, -0.1) is 0 Å². The highest BCUT2D eigenvalue weighted by Crippen LogP contribution is 2.39. The Morgan fingerprint density at radius 2 is 2.08 bits per heavy atom. The summed E-state index contributed by atoms with van der Waals surface area (Å²) in [4.78, 5) is 31.6. The van der Waals surface area contributed by atoms with Gasteiger partial charge in [0, 0.05) is 32.1 Å². The molecule has 0 atom stereocenters. The van der Waals surface area contributed by atoms with Crippen molar-refractivity contribution in [3.63, 3.8) is 0 Å². The van der Waals surface area contributed by atoms with Crippen molar-refractivity contribution in [3.05, 3.63) is 47.3 Å². The van der Waals surface area contributed by atoms with Crippen LogP contribution in [0.25, 0.3) is 0 Å². The number of amides is 3. The molecule has 8 heteroatoms. The smallest absolute Gasteiger partial charge is 0.318 e. The molecule has 1 aliphatic carbocycles. The Labute approximate surface area is 150 Å². The molecule has 2 fully saturated rings. The molecule has 3 amide bonds. The fourth-order valence-electron chi connectivity index (χ4n) is 3.18. The maximum atomic E-state index is 13.8. The first kappa shape index (κ1) is 16.7. The lowest BCUT2D eigenvalue weighted by Crippen LogP contribution is -2.51. The predicted octanol–water partition coefficient (Wildman–Crippen LogP) is 2.19. The fraction of sp³-hybridized carbons (Fsp3) is 0.444. The van der Waals surface area contributed by atoms with E-state index in [1.165, 1.54) is 18.3 Å². The number of imide groups is 1. The second-order valence-electron chi connectivity index (χ2n) is 6.82. The zero-order valence-electron chi connectivity index (χ0n) is 14.6. The summed E-state index contributed by atoms with van der Waals surface area (Å²) in [7, 11) is 1.86. The van der Waals surface area contributed by atoms with E-state index in [1.807, 2.05) is 13.1 Å². The molecular formula is C18H20FN5O2. The number of hydrogen-bond donors (Lipinski definition) is 0. The van der Waals surface area contributed by atoms with Crippen molar-refractivity contribution < 1.29 is 14.0 Å². The van der Waals surface area contributed by atoms with Crippen molar-refractivity contribution in [2.75, 3.05) is 6.54 Å². The summed E-state index contributed by atoms with van der Waals surface area (Å²) < 4.78 is 15.6. The molecule has 1 aliphatic heterocycles. The molecule has 4 rings (SSSR count). The van der Waals surface area contributed by atoms with Crippen LogP contribution in [0.15, 0.2) is 24.4 Å². The molecule has 0 spiro atoms. The first-order chi connectivity index (χ1) is 12.5. The minimum absolute atomic E-state index is 0.0904. The minimum atomic E-state index is -0.522. The summed E-state index contributed by atoms with van der Waals surface area (Å²) in [5.41, 5.74) is 2.08. The van der Waals surface area contributed by atoms with Crippen LogP contribution in [0.1, 0.15) is 42.3 Å². The third-order valence-electron chi connectivity index (χ3n) is 4.88. The Morgan fingerprint density at radius 3 is 2.81 bits per heavy atom. The number of hydrogen-bond acceptors (Lipinski definition) is 4. The third kappa shape index (κ3) is 3.18. The van der Waals surface area contributed by atoms with E-state index >= 15 is 0 Å². The van der Waals surface area contributed by atoms with Crippen LogP contribution in [0.4, 0.5) is 9.18 Å². The summed E-state index contributed by atoms with van der Waals surface area (Å²) in [6, 6.07) is 4.36. The molecular weight excluding hydrogens is 337 g/mol. The lowest BCUT2D eigenvalue weighted by atomic mass is 10.2. The summed E-state index contributed by atoms with van der Waals surface area (Å²) in [5, 5.41) is 4.52. The average molecular weight is 357 g/mol. The number of rotatable bonds is 5. The zero-order valence-corrected chi connectivity index (χ0v) is 14.6. The molecule has 2 aliphatic rings. The number of carbonyl (C=O) groups excluding carboxylic acids is 2. The lowest BCUT2D eigenvalue weighted by Gasteiger charge is -2.34. The largest absolute Gasteiger partial charge is 0.327 e. The maximum absolute atomic E-state index is 13.8. The van der Waals surface area contributed by atoms with Crippen LogP contribution in [0.2, 0.25) is 0 Å². The van der Waals surface area contributed by atoms with E-state index in [1.54, 1.807) is 9.58 Å². The van der Waals surface area contributed by atoms with E-state index < -0.39 is 11.8 Å². The number of nitrogens with zero attached hydrogens (tertiary/aromatic N) is 5. The molecule has 0 N–H and O–H groups in total. The summed E-state index contributed by atoms with van der Waals surface area (Å²) in [6.07, 6.45) is 3.99. The van der Waals surface area contributed by atoms with Crippen LogP contribution in [0.3, 0.4) is 0 Å². The second-order valence-corrected chi connectivity index (χ2v) is 6.82. The Morgan fingerprint density at radius 1 is 1.27 bits per heavy atom. The van der Waals surface area contributed by atoms with E-state index in [9.17, 15) is 14.0 Å². The van der Waals surface area contributed by atoms with Gasteiger partial charge in [-0.3, -0.25) is 19.4 Å². The van der Waals surface area contributed by atoms with Gasteiger partial charge in [0.2, 0.25) is 5.91 Å². The second kappa shape index (κ2) is 6.51. The zero-order chi connectivity index (χ0) is 18.3. The van der Waals surface area contributed by atoms with E-state index in [2.05, 4.69) is 10.1 Å². The highest BCUT2D eigenvalue weighted by Gasteiger charge is 2.34. The highest BCUT2D eigenvalue weighted by atomic mass is 19.1. The number of urea groups is 1. The van der Waals surface area contributed by atoms with Gasteiger partial charge in [-0.25, -0.2) is 9.18 Å². The van der Waals surface area contributed by atoms with E-state index in [4.69, 9.17) is 0 Å². The van der Waals surface area contributed by atoms with E-state index in [0.717, 1.165) is 29.1 Å². The van der Waals surface area contributed by atoms with E-state index in [0.29, 0.717) is 19.0 Å². The standard InChI is InChI=1S/C18H20FN5O2/c1-22-13(9-15(21-22)12-4-5-12)10-23-8-6-17(25)24(18(23)26)11-16-14(19)3-2-7-20-16/h2-3,7,9,12H,4-6,8,10-11H2,1H3. The molecule has 7 nitrogen and oxygen atoms in total. The van der Waals surface area contributed by atoms with Crippen LogP contribution in [-0.2, 0) is 24.9 Å². The summed E-state index contributed by atoms with van der Waals surface area (Å²) >= 11 is 0. The van der Waals surface area contributed by atoms with Gasteiger partial charge in [-0.05, 0) is 31.0 Å². The summed E-state index contributed by atoms with van der Waals surface area (Å²) in [5.74, 6) is -0.289. The number of carbonyl (C=O) groups is 2. The molecule has 1 saturated carbocycles. The fourth-order valence-corrected chi connectivity index (χ4v) is 3.18. The van der Waals surface area contributed by atoms with Crippen LogP contribution in [0, 0.1) is 5.82 Å². The quantitative estimate of drug-likeness (QED) is 0.822. The summed E-state index contributed by atoms with van der Waals surface area (Å²) in [6.45, 7) is 0.575. The van der Waals surface area contributed by atoms with Crippen molar-refractivity contribution in [2.24, 2.45) is 7.05 Å². The van der Waals surface area contributed by atoms with Gasteiger partial charge >= 0.3 is 6.03 Å². The first-order valence-corrected chi connectivity index (χ1v) is 8.74. The van der Waals surface area contributed by atoms with Gasteiger partial charge < -0.3 is 4.90 Å². The van der Waals surface area contributed by atoms with Gasteiger partial charge in [0.05, 0.1) is 30.2 Å². The number of aryl methyl sites for hydroxylation is 1. The van der Waals surface area contributed by atoms with Gasteiger partial charge in [0.25, 0.3) is 0 Å². The molecule has 0 unspecified atom stereocenters. The average Bonchev–Trinajstić information content (AvgIpc) is 3.40. The SMILES string of the molecule is Cn1nc(C2CC2)cc1CN1CCC(=O)N(Cc2ncccc2F)C1=O. The van der Waals surface area contributed by atoms with Gasteiger partial charge in [0.1, 0.15) is 5.82 Å². The van der Waals surface area contributed by atoms with Crippen molar-refractivity contribution in [1.29, 1.82) is 0 Å². The maximum Gasteiger partial charge on any atom is 0.327 e. The predicted molar refractivity (Wildman–Crippen MR) is 90.4 cm³/mol. The lowest BCUT2D eigenvalue weighted by molar-refractivity contribution is -0.131. The molecule has 2 aromatic rings. The number of pyridine rings is 1. The van der Waals surface area contributed by atoms with Gasteiger partial charge in [0.15, 0.2) is 0 Å². The Kier molecular flexibility index (Phi) is 4.18. The molecule has 1 saturated heterocycles. The van der Waals surface area contributed by atoms with Crippen molar-refractivity contribution in [1.82, 2.24) is 24.6 Å². The number of halogens is 1. The van der Waals surface area contributed by atoms with Crippen LogP contribution in [-0.4, -0.2) is 43.0 Å². The molecule has 0 aromatic carbocycles. The van der Waals surface area contributed by atoms with Gasteiger partial charge in [-0.1, -0.05) is 0 Å². The molecule has 0 radical (unpaired) electrons. The Hall–Kier alpha value is -2.77. The van der Waals surface area contributed by atoms with Crippen molar-refractivity contribution in [3.8, 4) is 0 Å². The minimum Gasteiger partial charge on any atom is -0.318 e. The van der Waals surface area contributed by atoms with E-state index in [-0.39, 0.29) is 24.6 Å². The molecule has 26 heavy (non-hydrogen) atoms. The molecule has 3 heterocycles. The number of aromatic nitrogens is 3. The molecule has 136 valence electrons. The Balaban J connectivity index is 1.50. The van der Waals surface area contributed by atoms with Gasteiger partial charge in [-0.2, -0.15) is 5.10 Å². The van der Waals surface area contributed by atoms with Crippen molar-refractivity contribution in [2.45, 2.75) is 38.3 Å². The van der Waals surface area contributed by atoms with Crippen LogP contribution < -0.4 is 0 Å². The third-order valence-corrected chi connectivity index (χ3v) is 4.88. The highest BCUT2D eigenvalue weighted by molar-refractivity contribution is 5.96. The Bertz CT molecular complexity index is 861. The monoisotopic (exact) mass is 357 g/mol. The van der Waals surface area contributed by atoms with Crippen LogP contribution in [0.5, 0.6) is 0 Å². The molecule has 0 bridgehead atoms. The topological polar surface area (TPSA) is 71.3 Å².